The summed E-state index contributed by atoms with van der Waals surface area (Å²) in [4.78, 5) is 15.4. The van der Waals surface area contributed by atoms with Gasteiger partial charge in [-0.2, -0.15) is 5.10 Å². The molecule has 2 heterocycles. The van der Waals surface area contributed by atoms with Crippen LogP contribution in [-0.2, 0) is 11.4 Å². The summed E-state index contributed by atoms with van der Waals surface area (Å²) >= 11 is 6.86. The van der Waals surface area contributed by atoms with E-state index in [1.54, 1.807) is 4.90 Å². The van der Waals surface area contributed by atoms with Crippen molar-refractivity contribution in [3.05, 3.63) is 107 Å². The SMILES string of the molecule is Cc1ccc(COc2ccc(-c3nn(-c4ccccc4)cc3/C=C3\SC(=S)N(CC(C)C)C3=O)cc2)cc1. The van der Waals surface area contributed by atoms with Crippen molar-refractivity contribution >= 4 is 40.3 Å². The Bertz CT molecular complexity index is 1470. The van der Waals surface area contributed by atoms with Crippen LogP contribution in [0.3, 0.4) is 0 Å². The summed E-state index contributed by atoms with van der Waals surface area (Å²) in [5.74, 6) is 1.07. The maximum atomic E-state index is 13.1. The van der Waals surface area contributed by atoms with E-state index in [0.717, 1.165) is 33.8 Å². The molecular formula is C31H29N3O2S2. The van der Waals surface area contributed by atoms with Gasteiger partial charge in [0.2, 0.25) is 0 Å². The molecule has 5 nitrogen and oxygen atoms in total. The molecule has 0 N–H and O–H groups in total. The molecular weight excluding hydrogens is 510 g/mol. The van der Waals surface area contributed by atoms with Gasteiger partial charge < -0.3 is 4.74 Å². The lowest BCUT2D eigenvalue weighted by atomic mass is 10.1. The number of rotatable bonds is 8. The third-order valence-electron chi connectivity index (χ3n) is 6.13. The molecule has 0 bridgehead atoms. The Hall–Kier alpha value is -3.68. The fraction of sp³-hybridized carbons (Fsp3) is 0.194. The zero-order valence-corrected chi connectivity index (χ0v) is 23.3. The van der Waals surface area contributed by atoms with E-state index in [0.29, 0.717) is 28.3 Å². The first-order valence-electron chi connectivity index (χ1n) is 12.6. The molecule has 0 radical (unpaired) electrons. The Kier molecular flexibility index (Phi) is 7.77. The third-order valence-corrected chi connectivity index (χ3v) is 7.50. The summed E-state index contributed by atoms with van der Waals surface area (Å²) in [5.41, 5.74) is 5.87. The number of thiocarbonyl (C=S) groups is 1. The number of amides is 1. The average molecular weight is 540 g/mol. The minimum absolute atomic E-state index is 0.0491. The number of benzene rings is 3. The van der Waals surface area contributed by atoms with E-state index in [1.165, 1.54) is 17.3 Å². The molecule has 3 aromatic carbocycles. The number of carbonyl (C=O) groups is 1. The van der Waals surface area contributed by atoms with Crippen LogP contribution >= 0.6 is 24.0 Å². The molecule has 38 heavy (non-hydrogen) atoms. The second-order valence-electron chi connectivity index (χ2n) is 9.70. The van der Waals surface area contributed by atoms with E-state index in [-0.39, 0.29) is 5.91 Å². The Morgan fingerprint density at radius 1 is 1.00 bits per heavy atom. The van der Waals surface area contributed by atoms with Crippen LogP contribution < -0.4 is 4.74 Å². The summed E-state index contributed by atoms with van der Waals surface area (Å²) in [5, 5.41) is 4.90. The Morgan fingerprint density at radius 2 is 1.71 bits per heavy atom. The Morgan fingerprint density at radius 3 is 2.39 bits per heavy atom. The zero-order chi connectivity index (χ0) is 26.6. The first kappa shape index (κ1) is 25.9. The first-order valence-corrected chi connectivity index (χ1v) is 13.8. The van der Waals surface area contributed by atoms with Gasteiger partial charge in [-0.15, -0.1) is 0 Å². The molecule has 1 aromatic heterocycles. The number of hydrogen-bond donors (Lipinski definition) is 0. The van der Waals surface area contributed by atoms with Crippen molar-refractivity contribution in [2.75, 3.05) is 6.54 Å². The highest BCUT2D eigenvalue weighted by Gasteiger charge is 2.32. The van der Waals surface area contributed by atoms with Gasteiger partial charge >= 0.3 is 0 Å². The van der Waals surface area contributed by atoms with Crippen LogP contribution in [0.5, 0.6) is 5.75 Å². The van der Waals surface area contributed by atoms with Crippen molar-refractivity contribution in [3.8, 4) is 22.7 Å². The normalized spacial score (nSPS) is 14.6. The van der Waals surface area contributed by atoms with Crippen LogP contribution in [0.25, 0.3) is 23.0 Å². The van der Waals surface area contributed by atoms with Crippen molar-refractivity contribution < 1.29 is 9.53 Å². The number of hydrogen-bond acceptors (Lipinski definition) is 5. The predicted octanol–water partition coefficient (Wildman–Crippen LogP) is 7.28. The lowest BCUT2D eigenvalue weighted by Crippen LogP contribution is -2.31. The molecule has 7 heteroatoms. The summed E-state index contributed by atoms with van der Waals surface area (Å²) in [6.07, 6.45) is 3.87. The van der Waals surface area contributed by atoms with Crippen LogP contribution in [0.2, 0.25) is 0 Å². The summed E-state index contributed by atoms with van der Waals surface area (Å²) in [7, 11) is 0. The predicted molar refractivity (Wildman–Crippen MR) is 159 cm³/mol. The summed E-state index contributed by atoms with van der Waals surface area (Å²) in [6.45, 7) is 7.36. The van der Waals surface area contributed by atoms with E-state index >= 15 is 0 Å². The number of aryl methyl sites for hydroxylation is 1. The van der Waals surface area contributed by atoms with Gasteiger partial charge in [-0.25, -0.2) is 4.68 Å². The highest BCUT2D eigenvalue weighted by molar-refractivity contribution is 8.26. The van der Waals surface area contributed by atoms with Crippen LogP contribution in [0.1, 0.15) is 30.5 Å². The van der Waals surface area contributed by atoms with Crippen LogP contribution in [0.15, 0.2) is 90.0 Å². The van der Waals surface area contributed by atoms with E-state index in [9.17, 15) is 4.79 Å². The van der Waals surface area contributed by atoms with Gasteiger partial charge in [0, 0.05) is 23.9 Å². The second kappa shape index (κ2) is 11.4. The van der Waals surface area contributed by atoms with Crippen molar-refractivity contribution in [2.45, 2.75) is 27.4 Å². The van der Waals surface area contributed by atoms with E-state index in [4.69, 9.17) is 22.1 Å². The van der Waals surface area contributed by atoms with Gasteiger partial charge in [0.15, 0.2) is 0 Å². The molecule has 5 rings (SSSR count). The second-order valence-corrected chi connectivity index (χ2v) is 11.4. The van der Waals surface area contributed by atoms with Crippen LogP contribution in [0, 0.1) is 12.8 Å². The van der Waals surface area contributed by atoms with Crippen molar-refractivity contribution in [1.82, 2.24) is 14.7 Å². The smallest absolute Gasteiger partial charge is 0.266 e. The number of aromatic nitrogens is 2. The molecule has 0 saturated carbocycles. The van der Waals surface area contributed by atoms with Crippen molar-refractivity contribution in [3.63, 3.8) is 0 Å². The van der Waals surface area contributed by atoms with Gasteiger partial charge in [-0.3, -0.25) is 9.69 Å². The monoisotopic (exact) mass is 539 g/mol. The van der Waals surface area contributed by atoms with E-state index in [2.05, 4.69) is 45.0 Å². The number of para-hydroxylation sites is 1. The molecule has 0 aliphatic carbocycles. The molecule has 192 valence electrons. The third kappa shape index (κ3) is 5.90. The lowest BCUT2D eigenvalue weighted by molar-refractivity contribution is -0.122. The van der Waals surface area contributed by atoms with Gasteiger partial charge in [0.05, 0.1) is 16.3 Å². The molecule has 1 amide bonds. The van der Waals surface area contributed by atoms with Crippen LogP contribution in [-0.4, -0.2) is 31.5 Å². The summed E-state index contributed by atoms with van der Waals surface area (Å²) in [6, 6.07) is 26.2. The molecule has 1 aliphatic heterocycles. The minimum atomic E-state index is -0.0491. The Balaban J connectivity index is 1.44. The molecule has 0 unspecified atom stereocenters. The average Bonchev–Trinajstić information content (AvgIpc) is 3.45. The van der Waals surface area contributed by atoms with Gasteiger partial charge in [0.25, 0.3) is 5.91 Å². The van der Waals surface area contributed by atoms with E-state index < -0.39 is 0 Å². The number of carbonyl (C=O) groups excluding carboxylic acids is 1. The molecule has 0 spiro atoms. The Labute approximate surface area is 233 Å². The largest absolute Gasteiger partial charge is 0.489 e. The molecule has 1 saturated heterocycles. The van der Waals surface area contributed by atoms with Crippen molar-refractivity contribution in [2.24, 2.45) is 5.92 Å². The number of thioether (sulfide) groups is 1. The maximum Gasteiger partial charge on any atom is 0.266 e. The molecule has 1 fully saturated rings. The van der Waals surface area contributed by atoms with Crippen LogP contribution in [0.4, 0.5) is 0 Å². The highest BCUT2D eigenvalue weighted by Crippen LogP contribution is 2.35. The molecule has 1 aliphatic rings. The number of ether oxygens (including phenoxy) is 1. The van der Waals surface area contributed by atoms with Gasteiger partial charge in [0.1, 0.15) is 16.7 Å². The topological polar surface area (TPSA) is 47.4 Å². The fourth-order valence-corrected chi connectivity index (χ4v) is 5.42. The number of nitrogens with zero attached hydrogens (tertiary/aromatic N) is 3. The lowest BCUT2D eigenvalue weighted by Gasteiger charge is -2.16. The van der Waals surface area contributed by atoms with E-state index in [1.807, 2.05) is 71.6 Å². The summed E-state index contributed by atoms with van der Waals surface area (Å²) < 4.78 is 8.44. The molecule has 4 aromatic rings. The molecule has 0 atom stereocenters. The minimum Gasteiger partial charge on any atom is -0.489 e. The fourth-order valence-electron chi connectivity index (χ4n) is 4.15. The highest BCUT2D eigenvalue weighted by atomic mass is 32.2. The maximum absolute atomic E-state index is 13.1. The van der Waals surface area contributed by atoms with Gasteiger partial charge in [-0.1, -0.05) is 85.9 Å². The van der Waals surface area contributed by atoms with Crippen molar-refractivity contribution in [1.29, 1.82) is 0 Å². The van der Waals surface area contributed by atoms with Gasteiger partial charge in [-0.05, 0) is 60.9 Å². The zero-order valence-electron chi connectivity index (χ0n) is 21.6. The first-order chi connectivity index (χ1) is 18.4. The standard InChI is InChI=1S/C31H29N3O2S2/c1-21(2)18-33-30(35)28(38-31(33)37)17-25-19-34(26-7-5-4-6-8-26)32-29(25)24-13-15-27(16-14-24)36-20-23-11-9-22(3)10-12-23/h4-17,19,21H,18,20H2,1-3H3/b28-17-. The quantitative estimate of drug-likeness (QED) is 0.174.